The first-order valence-corrected chi connectivity index (χ1v) is 12.9. The number of hydrogen-bond acceptors (Lipinski definition) is 7. The van der Waals surface area contributed by atoms with Crippen LogP contribution in [0.3, 0.4) is 0 Å². The molecule has 0 radical (unpaired) electrons. The molecule has 3 rings (SSSR count). The van der Waals surface area contributed by atoms with Crippen molar-refractivity contribution in [1.82, 2.24) is 20.2 Å². The Morgan fingerprint density at radius 2 is 2.08 bits per heavy atom. The van der Waals surface area contributed by atoms with Crippen LogP contribution in [0.1, 0.15) is 42.6 Å². The summed E-state index contributed by atoms with van der Waals surface area (Å²) < 4.78 is 18.6. The molecule has 0 spiro atoms. The van der Waals surface area contributed by atoms with E-state index in [1.54, 1.807) is 24.4 Å². The first kappa shape index (κ1) is 28.5. The van der Waals surface area contributed by atoms with E-state index in [1.807, 2.05) is 4.90 Å². The number of hydrogen-bond donors (Lipinski definition) is 3. The first-order chi connectivity index (χ1) is 18.0. The summed E-state index contributed by atoms with van der Waals surface area (Å²) in [7, 11) is 1.47. The van der Waals surface area contributed by atoms with Gasteiger partial charge in [-0.05, 0) is 68.8 Å². The molecule has 0 aromatic carbocycles. The second-order valence-electron chi connectivity index (χ2n) is 9.36. The van der Waals surface area contributed by atoms with E-state index in [-0.39, 0.29) is 12.8 Å². The molecule has 2 aromatic rings. The van der Waals surface area contributed by atoms with Crippen molar-refractivity contribution in [1.29, 1.82) is 0 Å². The number of halogens is 1. The fraction of sp³-hybridized carbons (Fsp3) is 0.556. The second kappa shape index (κ2) is 15.2. The molecule has 1 amide bonds. The van der Waals surface area contributed by atoms with Crippen molar-refractivity contribution < 1.29 is 23.8 Å². The van der Waals surface area contributed by atoms with Crippen LogP contribution < -0.4 is 10.6 Å². The van der Waals surface area contributed by atoms with Crippen LogP contribution in [0.25, 0.3) is 0 Å². The standard InChI is InChI=1S/C27H38FN5O4/c1-37-23(18-28)19-33(15-5-3-8-21-11-10-20-7-6-14-30-26(20)31-21)16-12-24(27(35)36)32-25(34)17-22-9-2-4-13-29-22/h2,4,9-11,13,23-24H,3,5-8,12,14-19H2,1H3,(H,30,31)(H,32,34)(H,35,36). The maximum Gasteiger partial charge on any atom is 0.326 e. The number of nitrogens with zero attached hydrogens (tertiary/aromatic N) is 3. The van der Waals surface area contributed by atoms with E-state index in [2.05, 4.69) is 27.8 Å². The van der Waals surface area contributed by atoms with Gasteiger partial charge in [-0.2, -0.15) is 0 Å². The third-order valence-corrected chi connectivity index (χ3v) is 6.51. The highest BCUT2D eigenvalue weighted by Gasteiger charge is 2.22. The highest BCUT2D eigenvalue weighted by Crippen LogP contribution is 2.20. The fourth-order valence-electron chi connectivity index (χ4n) is 4.40. The minimum absolute atomic E-state index is 0.00812. The number of rotatable bonds is 16. The molecule has 0 aliphatic carbocycles. The lowest BCUT2D eigenvalue weighted by Crippen LogP contribution is -2.45. The number of methoxy groups -OCH3 is 1. The molecule has 2 aromatic heterocycles. The molecule has 3 heterocycles. The van der Waals surface area contributed by atoms with E-state index >= 15 is 0 Å². The van der Waals surface area contributed by atoms with Crippen LogP contribution in [0.15, 0.2) is 36.5 Å². The number of aryl methyl sites for hydroxylation is 2. The average Bonchev–Trinajstić information content (AvgIpc) is 2.91. The van der Waals surface area contributed by atoms with E-state index < -0.39 is 30.7 Å². The molecule has 1 aliphatic rings. The lowest BCUT2D eigenvalue weighted by atomic mass is 10.1. The van der Waals surface area contributed by atoms with Gasteiger partial charge < -0.3 is 25.4 Å². The summed E-state index contributed by atoms with van der Waals surface area (Å²) in [5.74, 6) is -0.514. The number of ether oxygens (including phenoxy) is 1. The number of carbonyl (C=O) groups is 2. The maximum atomic E-state index is 13.3. The summed E-state index contributed by atoms with van der Waals surface area (Å²) in [4.78, 5) is 35.0. The Labute approximate surface area is 217 Å². The van der Waals surface area contributed by atoms with Gasteiger partial charge >= 0.3 is 5.97 Å². The zero-order valence-electron chi connectivity index (χ0n) is 21.5. The smallest absolute Gasteiger partial charge is 0.326 e. The summed E-state index contributed by atoms with van der Waals surface area (Å²) in [6.07, 6.45) is 5.97. The van der Waals surface area contributed by atoms with Gasteiger partial charge in [0.25, 0.3) is 0 Å². The van der Waals surface area contributed by atoms with Crippen LogP contribution in [0.4, 0.5) is 10.2 Å². The number of carbonyl (C=O) groups excluding carboxylic acids is 1. The molecule has 1 aliphatic heterocycles. The van der Waals surface area contributed by atoms with Crippen molar-refractivity contribution in [2.75, 3.05) is 45.3 Å². The van der Waals surface area contributed by atoms with Crippen LogP contribution in [0.2, 0.25) is 0 Å². The zero-order chi connectivity index (χ0) is 26.5. The molecule has 0 saturated heterocycles. The lowest BCUT2D eigenvalue weighted by Gasteiger charge is -2.27. The summed E-state index contributed by atoms with van der Waals surface area (Å²) in [5, 5.41) is 15.6. The number of carboxylic acids is 1. The van der Waals surface area contributed by atoms with Gasteiger partial charge in [0, 0.05) is 44.3 Å². The van der Waals surface area contributed by atoms with Gasteiger partial charge in [0.15, 0.2) is 0 Å². The molecule has 202 valence electrons. The topological polar surface area (TPSA) is 117 Å². The predicted molar refractivity (Wildman–Crippen MR) is 139 cm³/mol. The quantitative estimate of drug-likeness (QED) is 0.292. The van der Waals surface area contributed by atoms with Crippen molar-refractivity contribution in [3.63, 3.8) is 0 Å². The molecular weight excluding hydrogens is 477 g/mol. The van der Waals surface area contributed by atoms with Gasteiger partial charge in [-0.25, -0.2) is 14.2 Å². The number of amides is 1. The molecule has 10 heteroatoms. The molecular formula is C27H38FN5O4. The molecule has 0 fully saturated rings. The number of aliphatic carboxylic acids is 1. The third kappa shape index (κ3) is 9.70. The monoisotopic (exact) mass is 515 g/mol. The first-order valence-electron chi connectivity index (χ1n) is 12.9. The normalized spacial score (nSPS) is 14.5. The van der Waals surface area contributed by atoms with E-state index in [9.17, 15) is 19.1 Å². The number of anilines is 1. The molecule has 2 atom stereocenters. The molecule has 37 heavy (non-hydrogen) atoms. The Kier molecular flexibility index (Phi) is 11.7. The third-order valence-electron chi connectivity index (χ3n) is 6.51. The van der Waals surface area contributed by atoms with Crippen molar-refractivity contribution in [2.24, 2.45) is 0 Å². The molecule has 0 bridgehead atoms. The molecule has 9 nitrogen and oxygen atoms in total. The second-order valence-corrected chi connectivity index (χ2v) is 9.36. The maximum absolute atomic E-state index is 13.3. The van der Waals surface area contributed by atoms with Gasteiger partial charge in [0.1, 0.15) is 18.5 Å². The van der Waals surface area contributed by atoms with Gasteiger partial charge in [0.2, 0.25) is 5.91 Å². The molecule has 0 saturated carbocycles. The Balaban J connectivity index is 1.50. The van der Waals surface area contributed by atoms with Crippen molar-refractivity contribution in [3.05, 3.63) is 53.5 Å². The minimum atomic E-state index is -1.10. The summed E-state index contributed by atoms with van der Waals surface area (Å²) in [6, 6.07) is 8.43. The van der Waals surface area contributed by atoms with E-state index in [1.165, 1.54) is 12.7 Å². The van der Waals surface area contributed by atoms with Crippen LogP contribution in [0.5, 0.6) is 0 Å². The van der Waals surface area contributed by atoms with E-state index in [0.29, 0.717) is 25.3 Å². The number of unbranched alkanes of at least 4 members (excludes halogenated alkanes) is 1. The Bertz CT molecular complexity index is 990. The largest absolute Gasteiger partial charge is 0.480 e. The van der Waals surface area contributed by atoms with Crippen LogP contribution in [-0.4, -0.2) is 84.0 Å². The van der Waals surface area contributed by atoms with Crippen molar-refractivity contribution in [3.8, 4) is 0 Å². The zero-order valence-corrected chi connectivity index (χ0v) is 21.5. The highest BCUT2D eigenvalue weighted by molar-refractivity contribution is 5.84. The van der Waals surface area contributed by atoms with E-state index in [4.69, 9.17) is 9.72 Å². The number of carboxylic acid groups (broad SMARTS) is 1. The minimum Gasteiger partial charge on any atom is -0.480 e. The molecule has 3 N–H and O–H groups in total. The number of pyridine rings is 2. The fourth-order valence-corrected chi connectivity index (χ4v) is 4.40. The number of alkyl halides is 1. The van der Waals surface area contributed by atoms with Crippen LogP contribution in [0, 0.1) is 0 Å². The summed E-state index contributed by atoms with van der Waals surface area (Å²) in [5.41, 5.74) is 2.87. The SMILES string of the molecule is COC(CF)CN(CCCCc1ccc2c(n1)NCCC2)CCC(NC(=O)Cc1ccccn1)C(=O)O. The average molecular weight is 516 g/mol. The molecule has 2 unspecified atom stereocenters. The Morgan fingerprint density at radius 1 is 1.22 bits per heavy atom. The lowest BCUT2D eigenvalue weighted by molar-refractivity contribution is -0.142. The van der Waals surface area contributed by atoms with Crippen molar-refractivity contribution in [2.45, 2.75) is 57.1 Å². The van der Waals surface area contributed by atoms with Gasteiger partial charge in [-0.3, -0.25) is 9.78 Å². The summed E-state index contributed by atoms with van der Waals surface area (Å²) in [6.45, 7) is 1.73. The van der Waals surface area contributed by atoms with E-state index in [0.717, 1.165) is 50.2 Å². The van der Waals surface area contributed by atoms with Gasteiger partial charge in [-0.15, -0.1) is 0 Å². The number of nitrogens with one attached hydrogen (secondary N) is 2. The van der Waals surface area contributed by atoms with Gasteiger partial charge in [-0.1, -0.05) is 12.1 Å². The Hall–Kier alpha value is -3.11. The van der Waals surface area contributed by atoms with Crippen LogP contribution >= 0.6 is 0 Å². The van der Waals surface area contributed by atoms with Crippen molar-refractivity contribution >= 4 is 17.7 Å². The Morgan fingerprint density at radius 3 is 2.81 bits per heavy atom. The number of aromatic nitrogens is 2. The van der Waals surface area contributed by atoms with Crippen LogP contribution in [-0.2, 0) is 33.6 Å². The van der Waals surface area contributed by atoms with Gasteiger partial charge in [0.05, 0.1) is 12.5 Å². The predicted octanol–water partition coefficient (Wildman–Crippen LogP) is 2.65. The summed E-state index contributed by atoms with van der Waals surface area (Å²) >= 11 is 0. The number of fused-ring (bicyclic) bond motifs is 1. The highest BCUT2D eigenvalue weighted by atomic mass is 19.1.